The monoisotopic (exact) mass is 392 g/mol. The summed E-state index contributed by atoms with van der Waals surface area (Å²) in [4.78, 5) is 27.8. The van der Waals surface area contributed by atoms with Crippen LogP contribution in [0.15, 0.2) is 54.6 Å². The minimum atomic E-state index is -0.493. The van der Waals surface area contributed by atoms with Gasteiger partial charge >= 0.3 is 0 Å². The first-order valence-electron chi connectivity index (χ1n) is 10.6. The van der Waals surface area contributed by atoms with Gasteiger partial charge in [0, 0.05) is 18.7 Å². The lowest BCUT2D eigenvalue weighted by atomic mass is 9.89. The standard InChI is InChI=1S/C25H32N2O2/c1-18(2)23(26-24(28)22-12-8-7-9-19(22)3)25(29)27-15-13-21(14-16-27)17-20-10-5-4-6-11-20/h4-12,18,21,23H,13-17H2,1-3H3,(H,26,28). The average Bonchev–Trinajstić information content (AvgIpc) is 2.73. The zero-order valence-corrected chi connectivity index (χ0v) is 17.7. The van der Waals surface area contributed by atoms with Crippen LogP contribution < -0.4 is 5.32 Å². The molecule has 29 heavy (non-hydrogen) atoms. The molecule has 1 fully saturated rings. The zero-order valence-electron chi connectivity index (χ0n) is 17.7. The van der Waals surface area contributed by atoms with Gasteiger partial charge in [0.1, 0.15) is 6.04 Å². The number of benzene rings is 2. The molecule has 0 saturated carbocycles. The van der Waals surface area contributed by atoms with Crippen LogP contribution in [0.25, 0.3) is 0 Å². The normalized spacial score (nSPS) is 15.9. The number of nitrogens with zero attached hydrogens (tertiary/aromatic N) is 1. The Bertz CT molecular complexity index is 824. The highest BCUT2D eigenvalue weighted by Gasteiger charge is 2.31. The van der Waals surface area contributed by atoms with Crippen LogP contribution in [0.2, 0.25) is 0 Å². The van der Waals surface area contributed by atoms with Gasteiger partial charge in [0.15, 0.2) is 0 Å². The highest BCUT2D eigenvalue weighted by molar-refractivity contribution is 5.98. The number of nitrogens with one attached hydrogen (secondary N) is 1. The van der Waals surface area contributed by atoms with E-state index >= 15 is 0 Å². The maximum absolute atomic E-state index is 13.2. The van der Waals surface area contributed by atoms with Crippen LogP contribution in [0.5, 0.6) is 0 Å². The zero-order chi connectivity index (χ0) is 20.8. The van der Waals surface area contributed by atoms with Gasteiger partial charge in [0.2, 0.25) is 5.91 Å². The van der Waals surface area contributed by atoms with E-state index < -0.39 is 6.04 Å². The summed E-state index contributed by atoms with van der Waals surface area (Å²) in [5, 5.41) is 2.99. The van der Waals surface area contributed by atoms with Crippen LogP contribution in [0.1, 0.15) is 48.2 Å². The number of hydrogen-bond donors (Lipinski definition) is 1. The molecule has 0 radical (unpaired) electrons. The summed E-state index contributed by atoms with van der Waals surface area (Å²) >= 11 is 0. The highest BCUT2D eigenvalue weighted by atomic mass is 16.2. The van der Waals surface area contributed by atoms with Gasteiger partial charge in [0.25, 0.3) is 5.91 Å². The van der Waals surface area contributed by atoms with E-state index in [-0.39, 0.29) is 17.7 Å². The van der Waals surface area contributed by atoms with Crippen molar-refractivity contribution in [2.45, 2.75) is 46.1 Å². The Kier molecular flexibility index (Phi) is 7.08. The van der Waals surface area contributed by atoms with Gasteiger partial charge in [-0.3, -0.25) is 9.59 Å². The van der Waals surface area contributed by atoms with Crippen LogP contribution in [-0.2, 0) is 11.2 Å². The summed E-state index contributed by atoms with van der Waals surface area (Å²) in [6.07, 6.45) is 3.09. The Hall–Kier alpha value is -2.62. The first-order valence-corrected chi connectivity index (χ1v) is 10.6. The molecule has 1 saturated heterocycles. The predicted octanol–water partition coefficient (Wildman–Crippen LogP) is 4.23. The topological polar surface area (TPSA) is 49.4 Å². The fourth-order valence-corrected chi connectivity index (χ4v) is 4.06. The van der Waals surface area contributed by atoms with Gasteiger partial charge in [-0.05, 0) is 55.2 Å². The largest absolute Gasteiger partial charge is 0.341 e. The van der Waals surface area contributed by atoms with E-state index in [0.717, 1.165) is 37.9 Å². The first-order chi connectivity index (χ1) is 14.0. The molecule has 4 nitrogen and oxygen atoms in total. The second-order valence-corrected chi connectivity index (χ2v) is 8.47. The van der Waals surface area contributed by atoms with E-state index in [1.54, 1.807) is 0 Å². The van der Waals surface area contributed by atoms with Crippen LogP contribution in [0.4, 0.5) is 0 Å². The molecule has 154 valence electrons. The third-order valence-electron chi connectivity index (χ3n) is 5.90. The van der Waals surface area contributed by atoms with Crippen molar-refractivity contribution in [3.63, 3.8) is 0 Å². The van der Waals surface area contributed by atoms with Crippen LogP contribution >= 0.6 is 0 Å². The summed E-state index contributed by atoms with van der Waals surface area (Å²) in [6, 6.07) is 17.6. The molecule has 2 amide bonds. The Labute approximate surface area is 174 Å². The van der Waals surface area contributed by atoms with Crippen molar-refractivity contribution in [1.82, 2.24) is 10.2 Å². The molecule has 1 aliphatic heterocycles. The van der Waals surface area contributed by atoms with Crippen molar-refractivity contribution in [3.05, 3.63) is 71.3 Å². The molecular weight excluding hydrogens is 360 g/mol. The lowest BCUT2D eigenvalue weighted by molar-refractivity contribution is -0.135. The van der Waals surface area contributed by atoms with Crippen LogP contribution in [0, 0.1) is 18.8 Å². The molecular formula is C25H32N2O2. The molecule has 4 heteroatoms. The van der Waals surface area contributed by atoms with E-state index in [0.29, 0.717) is 11.5 Å². The predicted molar refractivity (Wildman–Crippen MR) is 117 cm³/mol. The third-order valence-corrected chi connectivity index (χ3v) is 5.90. The highest BCUT2D eigenvalue weighted by Crippen LogP contribution is 2.23. The second-order valence-electron chi connectivity index (χ2n) is 8.47. The van der Waals surface area contributed by atoms with Gasteiger partial charge in [0.05, 0.1) is 0 Å². The summed E-state index contributed by atoms with van der Waals surface area (Å²) in [5.41, 5.74) is 2.91. The molecule has 2 aromatic rings. The van der Waals surface area contributed by atoms with Gasteiger partial charge < -0.3 is 10.2 Å². The van der Waals surface area contributed by atoms with Crippen molar-refractivity contribution in [3.8, 4) is 0 Å². The van der Waals surface area contributed by atoms with E-state index in [1.807, 2.05) is 56.0 Å². The van der Waals surface area contributed by atoms with Crippen molar-refractivity contribution in [2.75, 3.05) is 13.1 Å². The number of rotatable bonds is 6. The van der Waals surface area contributed by atoms with Crippen molar-refractivity contribution in [2.24, 2.45) is 11.8 Å². The number of carbonyl (C=O) groups is 2. The molecule has 0 aromatic heterocycles. The number of carbonyl (C=O) groups excluding carboxylic acids is 2. The molecule has 1 N–H and O–H groups in total. The van der Waals surface area contributed by atoms with Crippen molar-refractivity contribution >= 4 is 11.8 Å². The van der Waals surface area contributed by atoms with E-state index in [2.05, 4.69) is 29.6 Å². The SMILES string of the molecule is Cc1ccccc1C(=O)NC(C(=O)N1CCC(Cc2ccccc2)CC1)C(C)C. The molecule has 0 bridgehead atoms. The number of likely N-dealkylation sites (tertiary alicyclic amines) is 1. The minimum absolute atomic E-state index is 0.0394. The molecule has 0 aliphatic carbocycles. The number of aryl methyl sites for hydroxylation is 1. The number of piperidine rings is 1. The summed E-state index contributed by atoms with van der Waals surface area (Å²) in [5.74, 6) is 0.521. The van der Waals surface area contributed by atoms with E-state index in [9.17, 15) is 9.59 Å². The van der Waals surface area contributed by atoms with Crippen molar-refractivity contribution in [1.29, 1.82) is 0 Å². The summed E-state index contributed by atoms with van der Waals surface area (Å²) in [7, 11) is 0. The Balaban J connectivity index is 1.58. The molecule has 1 heterocycles. The molecule has 1 atom stereocenters. The summed E-state index contributed by atoms with van der Waals surface area (Å²) in [6.45, 7) is 7.42. The molecule has 2 aromatic carbocycles. The van der Waals surface area contributed by atoms with Gasteiger partial charge in [-0.2, -0.15) is 0 Å². The smallest absolute Gasteiger partial charge is 0.252 e. The third kappa shape index (κ3) is 5.47. The van der Waals surface area contributed by atoms with Gasteiger partial charge in [-0.1, -0.05) is 62.4 Å². The number of amides is 2. The molecule has 0 spiro atoms. The van der Waals surface area contributed by atoms with Gasteiger partial charge in [-0.25, -0.2) is 0 Å². The quantitative estimate of drug-likeness (QED) is 0.800. The van der Waals surface area contributed by atoms with E-state index in [4.69, 9.17) is 0 Å². The summed E-state index contributed by atoms with van der Waals surface area (Å²) < 4.78 is 0. The second kappa shape index (κ2) is 9.73. The lowest BCUT2D eigenvalue weighted by Gasteiger charge is -2.35. The fourth-order valence-electron chi connectivity index (χ4n) is 4.06. The van der Waals surface area contributed by atoms with Crippen LogP contribution in [-0.4, -0.2) is 35.8 Å². The van der Waals surface area contributed by atoms with Gasteiger partial charge in [-0.15, -0.1) is 0 Å². The Morgan fingerprint density at radius 2 is 1.62 bits per heavy atom. The average molecular weight is 393 g/mol. The molecule has 1 unspecified atom stereocenters. The minimum Gasteiger partial charge on any atom is -0.341 e. The van der Waals surface area contributed by atoms with E-state index in [1.165, 1.54) is 5.56 Å². The fraction of sp³-hybridized carbons (Fsp3) is 0.440. The Morgan fingerprint density at radius 3 is 2.24 bits per heavy atom. The van der Waals surface area contributed by atoms with Crippen LogP contribution in [0.3, 0.4) is 0 Å². The maximum atomic E-state index is 13.2. The molecule has 3 rings (SSSR count). The van der Waals surface area contributed by atoms with Crippen molar-refractivity contribution < 1.29 is 9.59 Å². The number of hydrogen-bond acceptors (Lipinski definition) is 2. The molecule has 1 aliphatic rings. The first kappa shape index (κ1) is 21.1. The lowest BCUT2D eigenvalue weighted by Crippen LogP contribution is -2.53. The Morgan fingerprint density at radius 1 is 1.00 bits per heavy atom. The maximum Gasteiger partial charge on any atom is 0.252 e.